The molecule has 0 saturated heterocycles. The van der Waals surface area contributed by atoms with Crippen LogP contribution in [-0.4, -0.2) is 56.6 Å². The van der Waals surface area contributed by atoms with E-state index in [4.69, 9.17) is 3.32 Å². The van der Waals surface area contributed by atoms with Gasteiger partial charge in [0.05, 0.1) is 0 Å². The van der Waals surface area contributed by atoms with Gasteiger partial charge in [0.1, 0.15) is 0 Å². The molecule has 0 heterocycles. The molecule has 4 heavy (non-hydrogen) atoms. The zero-order valence-electron chi connectivity index (χ0n) is 0.908. The summed E-state index contributed by atoms with van der Waals surface area (Å²) in [5.41, 5.74) is 0. The Morgan fingerprint density at radius 1 is 1.25 bits per heavy atom. The minimum atomic E-state index is 0. The van der Waals surface area contributed by atoms with Crippen molar-refractivity contribution in [2.24, 2.45) is 0 Å². The van der Waals surface area contributed by atoms with Gasteiger partial charge in [0.15, 0.2) is 0 Å². The van der Waals surface area contributed by atoms with Gasteiger partial charge in [-0.2, -0.15) is 0 Å². The molecule has 0 rings (SSSR count). The van der Waals surface area contributed by atoms with Crippen molar-refractivity contribution >= 4 is 56.6 Å². The third-order valence-electron chi connectivity index (χ3n) is 0. The van der Waals surface area contributed by atoms with Gasteiger partial charge < -0.3 is 0 Å². The summed E-state index contributed by atoms with van der Waals surface area (Å²) in [5, 5.41) is 0. The molecular formula is H3CaLiOTi. The summed E-state index contributed by atoms with van der Waals surface area (Å²) in [6.07, 6.45) is 0. The van der Waals surface area contributed by atoms with E-state index in [1.807, 2.05) is 0 Å². The molecule has 0 radical (unpaired) electrons. The molecule has 0 unspecified atom stereocenters. The van der Waals surface area contributed by atoms with Gasteiger partial charge in [-0.1, -0.05) is 0 Å². The van der Waals surface area contributed by atoms with Crippen molar-refractivity contribution in [3.63, 3.8) is 0 Å². The molecule has 0 aliphatic carbocycles. The quantitative estimate of drug-likeness (QED) is 0.343. The van der Waals surface area contributed by atoms with Crippen LogP contribution in [-0.2, 0) is 23.7 Å². The standard InChI is InChI=1S/Ca.Li.O.Ti.3H. The molecule has 0 aromatic heterocycles. The molecule has 0 N–H and O–H groups in total. The van der Waals surface area contributed by atoms with Crippen molar-refractivity contribution < 1.29 is 23.7 Å². The average molecular weight is 114 g/mol. The molecule has 0 amide bonds. The van der Waals surface area contributed by atoms with Crippen LogP contribution in [0.2, 0.25) is 0 Å². The Balaban J connectivity index is -0.00000000500. The first-order valence-electron chi connectivity index (χ1n) is 0.204. The maximum absolute atomic E-state index is 8.25. The van der Waals surface area contributed by atoms with Crippen LogP contribution in [0.5, 0.6) is 0 Å². The van der Waals surface area contributed by atoms with E-state index in [1.54, 1.807) is 0 Å². The van der Waals surface area contributed by atoms with E-state index in [2.05, 4.69) is 0 Å². The molecule has 0 aliphatic rings. The van der Waals surface area contributed by atoms with Crippen molar-refractivity contribution in [3.05, 3.63) is 0 Å². The third-order valence-corrected chi connectivity index (χ3v) is 0. The molecule has 0 saturated carbocycles. The second kappa shape index (κ2) is 18.3. The molecule has 1 nitrogen and oxygen atoms in total. The fourth-order valence-corrected chi connectivity index (χ4v) is 0. The van der Waals surface area contributed by atoms with Gasteiger partial charge in [0, 0.05) is 0 Å². The van der Waals surface area contributed by atoms with Gasteiger partial charge in [-0.15, -0.1) is 0 Å². The summed E-state index contributed by atoms with van der Waals surface area (Å²) in [5.74, 6) is 0. The molecule has 4 heteroatoms. The minimum absolute atomic E-state index is 0. The Labute approximate surface area is 78.8 Å². The number of rotatable bonds is 0. The summed E-state index contributed by atoms with van der Waals surface area (Å²) >= 11 is 0.750. The maximum atomic E-state index is 8.25. The predicted octanol–water partition coefficient (Wildman–Crippen LogP) is -1.69. The molecule has 0 fully saturated rings. The predicted molar refractivity (Wildman–Crippen MR) is 16.4 cm³/mol. The van der Waals surface area contributed by atoms with Gasteiger partial charge >= 0.3 is 80.3 Å². The molecule has 0 aromatic carbocycles. The first-order chi connectivity index (χ1) is 1.00. The molecule has 0 aromatic rings. The number of hydrogen-bond donors (Lipinski definition) is 0. The van der Waals surface area contributed by atoms with Crippen LogP contribution in [0, 0.1) is 0 Å². The first-order valence-corrected chi connectivity index (χ1v) is 0.842. The van der Waals surface area contributed by atoms with Crippen molar-refractivity contribution in [2.75, 3.05) is 0 Å². The van der Waals surface area contributed by atoms with Crippen LogP contribution in [0.4, 0.5) is 0 Å². The summed E-state index contributed by atoms with van der Waals surface area (Å²) < 4.78 is 8.25. The fourth-order valence-electron chi connectivity index (χ4n) is 0. The molecular weight excluding hydrogens is 111 g/mol. The Hall–Kier alpha value is 2.37. The second-order valence-corrected chi connectivity index (χ2v) is 0. The van der Waals surface area contributed by atoms with Crippen molar-refractivity contribution in [2.45, 2.75) is 0 Å². The average Bonchev–Trinajstić information content (AvgIpc) is 1.00. The van der Waals surface area contributed by atoms with Gasteiger partial charge in [-0.05, 0) is 0 Å². The van der Waals surface area contributed by atoms with E-state index in [9.17, 15) is 0 Å². The Morgan fingerprint density at radius 2 is 1.25 bits per heavy atom. The van der Waals surface area contributed by atoms with Gasteiger partial charge in [-0.25, -0.2) is 0 Å². The van der Waals surface area contributed by atoms with Crippen LogP contribution in [0.25, 0.3) is 0 Å². The zero-order chi connectivity index (χ0) is 2.00. The van der Waals surface area contributed by atoms with Crippen molar-refractivity contribution in [1.29, 1.82) is 0 Å². The van der Waals surface area contributed by atoms with Crippen molar-refractivity contribution in [1.82, 2.24) is 0 Å². The SMILES string of the molecule is [CaH2].[LiH].[O]=[Ti]. The van der Waals surface area contributed by atoms with Crippen LogP contribution < -0.4 is 0 Å². The third kappa shape index (κ3) is 8.84. The van der Waals surface area contributed by atoms with Crippen LogP contribution >= 0.6 is 0 Å². The Morgan fingerprint density at radius 3 is 1.25 bits per heavy atom. The van der Waals surface area contributed by atoms with E-state index in [0.717, 1.165) is 20.4 Å². The topological polar surface area (TPSA) is 17.1 Å². The van der Waals surface area contributed by atoms with Gasteiger partial charge in [-0.3, -0.25) is 0 Å². The van der Waals surface area contributed by atoms with E-state index in [0.29, 0.717) is 0 Å². The van der Waals surface area contributed by atoms with E-state index in [-0.39, 0.29) is 56.6 Å². The van der Waals surface area contributed by atoms with Crippen LogP contribution in [0.15, 0.2) is 0 Å². The summed E-state index contributed by atoms with van der Waals surface area (Å²) in [6.45, 7) is 0. The van der Waals surface area contributed by atoms with Gasteiger partial charge in [0.25, 0.3) is 0 Å². The molecule has 0 spiro atoms. The zero-order valence-corrected chi connectivity index (χ0v) is 2.47. The van der Waals surface area contributed by atoms with E-state index < -0.39 is 0 Å². The van der Waals surface area contributed by atoms with Crippen LogP contribution in [0.1, 0.15) is 0 Å². The molecule has 0 atom stereocenters. The molecule has 0 bridgehead atoms. The van der Waals surface area contributed by atoms with E-state index in [1.165, 1.54) is 0 Å². The molecule has 16 valence electrons. The number of hydrogen-bond acceptors (Lipinski definition) is 1. The van der Waals surface area contributed by atoms with Gasteiger partial charge in [0.2, 0.25) is 0 Å². The Kier molecular flexibility index (Phi) is 73.8. The molecule has 0 aliphatic heterocycles. The fraction of sp³-hybridized carbons (Fsp3) is 0. The second-order valence-electron chi connectivity index (χ2n) is 0. The summed E-state index contributed by atoms with van der Waals surface area (Å²) in [4.78, 5) is 0. The van der Waals surface area contributed by atoms with E-state index >= 15 is 0 Å². The van der Waals surface area contributed by atoms with Crippen LogP contribution in [0.3, 0.4) is 0 Å². The summed E-state index contributed by atoms with van der Waals surface area (Å²) in [7, 11) is 0. The Bertz CT molecular complexity index is 8.00. The van der Waals surface area contributed by atoms with Crippen molar-refractivity contribution in [3.8, 4) is 0 Å². The normalized spacial score (nSPS) is 0.750. The summed E-state index contributed by atoms with van der Waals surface area (Å²) in [6, 6.07) is 0. The monoisotopic (exact) mass is 114 g/mol. The first kappa shape index (κ1) is 16.2.